The number of benzene rings is 3. The van der Waals surface area contributed by atoms with Crippen LogP contribution < -0.4 is 4.74 Å². The van der Waals surface area contributed by atoms with Crippen molar-refractivity contribution in [3.05, 3.63) is 102 Å². The summed E-state index contributed by atoms with van der Waals surface area (Å²) in [7, 11) is 0. The molecule has 0 saturated heterocycles. The molecule has 0 unspecified atom stereocenters. The first-order valence-corrected chi connectivity index (χ1v) is 8.34. The molecular formula is C23H22O2. The van der Waals surface area contributed by atoms with Crippen molar-refractivity contribution in [1.82, 2.24) is 0 Å². The molecule has 0 aliphatic carbocycles. The van der Waals surface area contributed by atoms with E-state index in [0.717, 1.165) is 16.9 Å². The van der Waals surface area contributed by atoms with Gasteiger partial charge >= 0.3 is 0 Å². The predicted molar refractivity (Wildman–Crippen MR) is 103 cm³/mol. The molecule has 0 atom stereocenters. The van der Waals surface area contributed by atoms with Gasteiger partial charge in [0.05, 0.1) is 6.26 Å². The molecule has 0 saturated carbocycles. The van der Waals surface area contributed by atoms with Gasteiger partial charge in [-0.15, -0.1) is 0 Å². The van der Waals surface area contributed by atoms with E-state index in [9.17, 15) is 5.11 Å². The summed E-state index contributed by atoms with van der Waals surface area (Å²) >= 11 is 0. The molecule has 2 nitrogen and oxygen atoms in total. The lowest BCUT2D eigenvalue weighted by molar-refractivity contribution is 0.474. The van der Waals surface area contributed by atoms with Crippen LogP contribution >= 0.6 is 0 Å². The van der Waals surface area contributed by atoms with Gasteiger partial charge in [-0.3, -0.25) is 0 Å². The smallest absolute Gasteiger partial charge is 0.126 e. The number of aromatic hydroxyl groups is 1. The van der Waals surface area contributed by atoms with Crippen molar-refractivity contribution < 1.29 is 9.84 Å². The molecule has 2 heteroatoms. The Morgan fingerprint density at radius 1 is 0.760 bits per heavy atom. The van der Waals surface area contributed by atoms with Crippen molar-refractivity contribution in [3.63, 3.8) is 0 Å². The Morgan fingerprint density at radius 3 is 1.92 bits per heavy atom. The van der Waals surface area contributed by atoms with E-state index >= 15 is 0 Å². The second-order valence-corrected chi connectivity index (χ2v) is 6.53. The molecular weight excluding hydrogens is 308 g/mol. The van der Waals surface area contributed by atoms with Gasteiger partial charge < -0.3 is 9.84 Å². The maximum Gasteiger partial charge on any atom is 0.126 e. The van der Waals surface area contributed by atoms with Gasteiger partial charge in [0.25, 0.3) is 0 Å². The molecule has 3 aromatic carbocycles. The van der Waals surface area contributed by atoms with Crippen LogP contribution in [0.4, 0.5) is 0 Å². The molecule has 3 aromatic rings. The van der Waals surface area contributed by atoms with Gasteiger partial charge in [0.15, 0.2) is 0 Å². The number of rotatable bonds is 5. The summed E-state index contributed by atoms with van der Waals surface area (Å²) in [6, 6.07) is 25.5. The Balaban J connectivity index is 1.71. The van der Waals surface area contributed by atoms with Crippen LogP contribution in [0.15, 0.2) is 85.1 Å². The third-order valence-electron chi connectivity index (χ3n) is 4.43. The largest absolute Gasteiger partial charge is 0.508 e. The number of ether oxygens (including phenoxy) is 1. The average Bonchev–Trinajstić information content (AvgIpc) is 2.63. The van der Waals surface area contributed by atoms with E-state index < -0.39 is 0 Å². The minimum absolute atomic E-state index is 0.147. The van der Waals surface area contributed by atoms with Crippen molar-refractivity contribution in [2.24, 2.45) is 0 Å². The van der Waals surface area contributed by atoms with Crippen LogP contribution in [0.5, 0.6) is 11.5 Å². The zero-order valence-corrected chi connectivity index (χ0v) is 14.5. The summed E-state index contributed by atoms with van der Waals surface area (Å²) in [5.41, 5.74) is 3.31. The monoisotopic (exact) mass is 330 g/mol. The molecule has 0 spiro atoms. The lowest BCUT2D eigenvalue weighted by Crippen LogP contribution is -2.18. The third kappa shape index (κ3) is 4.10. The first-order chi connectivity index (χ1) is 12.1. The van der Waals surface area contributed by atoms with Gasteiger partial charge in [-0.05, 0) is 47.0 Å². The zero-order chi connectivity index (χ0) is 17.7. The standard InChI is InChI=1S/C23H22O2/c1-23(2,19-8-12-21(24)13-9-19)20-10-14-22(15-11-20)25-17-16-18-6-4-3-5-7-18/h3-17,24H,1-2H3. The van der Waals surface area contributed by atoms with Gasteiger partial charge in [-0.25, -0.2) is 0 Å². The van der Waals surface area contributed by atoms with Gasteiger partial charge in [-0.1, -0.05) is 68.4 Å². The molecule has 0 fully saturated rings. The summed E-state index contributed by atoms with van der Waals surface area (Å²) in [6.07, 6.45) is 3.64. The third-order valence-corrected chi connectivity index (χ3v) is 4.43. The van der Waals surface area contributed by atoms with E-state index in [2.05, 4.69) is 26.0 Å². The highest BCUT2D eigenvalue weighted by Gasteiger charge is 2.22. The Bertz CT molecular complexity index is 830. The highest BCUT2D eigenvalue weighted by atomic mass is 16.5. The lowest BCUT2D eigenvalue weighted by Gasteiger charge is -2.26. The van der Waals surface area contributed by atoms with E-state index in [4.69, 9.17) is 4.74 Å². The minimum atomic E-state index is -0.147. The number of phenols is 1. The predicted octanol–water partition coefficient (Wildman–Crippen LogP) is 5.77. The highest BCUT2D eigenvalue weighted by molar-refractivity contribution is 5.48. The van der Waals surface area contributed by atoms with Crippen molar-refractivity contribution in [2.75, 3.05) is 0 Å². The van der Waals surface area contributed by atoms with E-state index in [1.807, 2.05) is 60.7 Å². The maximum atomic E-state index is 9.47. The number of hydrogen-bond donors (Lipinski definition) is 1. The maximum absolute atomic E-state index is 9.47. The van der Waals surface area contributed by atoms with Gasteiger partial charge in [-0.2, -0.15) is 0 Å². The Labute approximate surface area is 149 Å². The summed E-state index contributed by atoms with van der Waals surface area (Å²) in [6.45, 7) is 4.34. The first-order valence-electron chi connectivity index (χ1n) is 8.34. The number of hydrogen-bond acceptors (Lipinski definition) is 2. The average molecular weight is 330 g/mol. The summed E-state index contributed by atoms with van der Waals surface area (Å²) in [5.74, 6) is 1.09. The summed E-state index contributed by atoms with van der Waals surface area (Å²) < 4.78 is 5.69. The van der Waals surface area contributed by atoms with E-state index in [1.165, 1.54) is 5.56 Å². The van der Waals surface area contributed by atoms with Crippen LogP contribution in [0, 0.1) is 0 Å². The van der Waals surface area contributed by atoms with Gasteiger partial charge in [0.2, 0.25) is 0 Å². The summed E-state index contributed by atoms with van der Waals surface area (Å²) in [5, 5.41) is 9.47. The van der Waals surface area contributed by atoms with Crippen molar-refractivity contribution in [2.45, 2.75) is 19.3 Å². The molecule has 1 N–H and O–H groups in total. The molecule has 3 rings (SSSR count). The molecule has 25 heavy (non-hydrogen) atoms. The molecule has 0 aliphatic rings. The molecule has 0 aromatic heterocycles. The first kappa shape index (κ1) is 16.8. The SMILES string of the molecule is CC(C)(c1ccc(O)cc1)c1ccc(OC=Cc2ccccc2)cc1. The molecule has 0 heterocycles. The van der Waals surface area contributed by atoms with Crippen LogP contribution in [-0.2, 0) is 5.41 Å². The topological polar surface area (TPSA) is 29.5 Å². The van der Waals surface area contributed by atoms with Crippen molar-refractivity contribution >= 4 is 6.08 Å². The molecule has 0 amide bonds. The molecule has 126 valence electrons. The fraction of sp³-hybridized carbons (Fsp3) is 0.130. The second-order valence-electron chi connectivity index (χ2n) is 6.53. The molecule has 0 aliphatic heterocycles. The van der Waals surface area contributed by atoms with Gasteiger partial charge in [0, 0.05) is 5.41 Å². The summed E-state index contributed by atoms with van der Waals surface area (Å²) in [4.78, 5) is 0. The number of phenolic OH excluding ortho intramolecular Hbond substituents is 1. The van der Waals surface area contributed by atoms with Crippen LogP contribution in [-0.4, -0.2) is 5.11 Å². The van der Waals surface area contributed by atoms with Crippen LogP contribution in [0.3, 0.4) is 0 Å². The van der Waals surface area contributed by atoms with Crippen LogP contribution in [0.2, 0.25) is 0 Å². The zero-order valence-electron chi connectivity index (χ0n) is 14.5. The van der Waals surface area contributed by atoms with E-state index in [0.29, 0.717) is 0 Å². The Kier molecular flexibility index (Phi) is 4.90. The fourth-order valence-corrected chi connectivity index (χ4v) is 2.75. The van der Waals surface area contributed by atoms with E-state index in [-0.39, 0.29) is 11.2 Å². The van der Waals surface area contributed by atoms with Gasteiger partial charge in [0.1, 0.15) is 11.5 Å². The Morgan fingerprint density at radius 2 is 1.32 bits per heavy atom. The quantitative estimate of drug-likeness (QED) is 0.602. The van der Waals surface area contributed by atoms with Crippen molar-refractivity contribution in [3.8, 4) is 11.5 Å². The highest BCUT2D eigenvalue weighted by Crippen LogP contribution is 2.33. The van der Waals surface area contributed by atoms with Crippen molar-refractivity contribution in [1.29, 1.82) is 0 Å². The molecule has 0 radical (unpaired) electrons. The van der Waals surface area contributed by atoms with Crippen LogP contribution in [0.1, 0.15) is 30.5 Å². The Hall–Kier alpha value is -3.00. The lowest BCUT2D eigenvalue weighted by atomic mass is 9.78. The molecule has 0 bridgehead atoms. The fourth-order valence-electron chi connectivity index (χ4n) is 2.75. The van der Waals surface area contributed by atoms with E-state index in [1.54, 1.807) is 18.4 Å². The minimum Gasteiger partial charge on any atom is -0.508 e. The normalized spacial score (nSPS) is 11.6. The van der Waals surface area contributed by atoms with Crippen LogP contribution in [0.25, 0.3) is 6.08 Å². The second kappa shape index (κ2) is 7.27.